The molecule has 6 aromatic carbocycles. The highest BCUT2D eigenvalue weighted by Gasteiger charge is 2.31. The second kappa shape index (κ2) is 51.9. The Morgan fingerprint density at radius 2 is 0.594 bits per heavy atom. The average molecular weight is 1860 g/mol. The van der Waals surface area contributed by atoms with Gasteiger partial charge in [0.05, 0.1) is 90.5 Å². The maximum Gasteiger partial charge on any atom is 0.573 e. The number of hydrogen-bond donors (Lipinski definition) is 5. The Morgan fingerprint density at radius 1 is 0.352 bits per heavy atom. The van der Waals surface area contributed by atoms with Crippen LogP contribution in [0, 0.1) is 0 Å². The first-order valence-electron chi connectivity index (χ1n) is 43.6. The Hall–Kier alpha value is -9.29. The van der Waals surface area contributed by atoms with Gasteiger partial charge in [0.25, 0.3) is 29.5 Å². The number of halogens is 3. The van der Waals surface area contributed by atoms with Gasteiger partial charge in [-0.2, -0.15) is 0 Å². The highest BCUT2D eigenvalue weighted by atomic mass is 32.2. The number of aryl methyl sites for hydroxylation is 1. The Morgan fingerprint density at radius 3 is 0.852 bits per heavy atom. The highest BCUT2D eigenvalue weighted by molar-refractivity contribution is 7.98. The van der Waals surface area contributed by atoms with Gasteiger partial charge in [-0.15, -0.1) is 81.6 Å². The second-order valence-electron chi connectivity index (χ2n) is 31.1. The zero-order chi connectivity index (χ0) is 89.7. The summed E-state index contributed by atoms with van der Waals surface area (Å²) in [4.78, 5) is 77.9. The Kier molecular flexibility index (Phi) is 39.7. The van der Waals surface area contributed by atoms with Crippen molar-refractivity contribution in [3.63, 3.8) is 0 Å². The summed E-state index contributed by atoms with van der Waals surface area (Å²) in [5, 5.41) is 25.0. The Bertz CT molecular complexity index is 5040. The molecule has 5 aromatic heterocycles. The molecule has 0 spiro atoms. The molecule has 16 rings (SSSR count). The zero-order valence-electron chi connectivity index (χ0n) is 73.0. The molecule has 5 aliphatic heterocycles. The molecule has 0 bridgehead atoms. The minimum Gasteiger partial charge on any atom is -0.406 e. The van der Waals surface area contributed by atoms with E-state index in [1.807, 2.05) is 47.8 Å². The number of carbonyl (C=O) groups is 5. The average Bonchev–Trinajstić information content (AvgIpc) is 1.67. The lowest BCUT2D eigenvalue weighted by Gasteiger charge is -2.26. The van der Waals surface area contributed by atoms with Crippen molar-refractivity contribution >= 4 is 98.0 Å². The van der Waals surface area contributed by atoms with Crippen LogP contribution in [-0.4, -0.2) is 264 Å². The predicted molar refractivity (Wildman–Crippen MR) is 514 cm³/mol. The van der Waals surface area contributed by atoms with Crippen molar-refractivity contribution in [3.05, 3.63) is 244 Å². The van der Waals surface area contributed by atoms with Gasteiger partial charge in [0.2, 0.25) is 0 Å². The van der Waals surface area contributed by atoms with E-state index in [-0.39, 0.29) is 35.3 Å². The minimum absolute atomic E-state index is 0.00501. The molecule has 0 unspecified atom stereocenters. The van der Waals surface area contributed by atoms with Crippen LogP contribution in [0.3, 0.4) is 0 Å². The summed E-state index contributed by atoms with van der Waals surface area (Å²) in [7, 11) is 0. The molecule has 21 nitrogen and oxygen atoms in total. The van der Waals surface area contributed by atoms with Gasteiger partial charge in [-0.25, -0.2) is 0 Å². The Labute approximate surface area is 773 Å². The lowest BCUT2D eigenvalue weighted by molar-refractivity contribution is -0.274. The van der Waals surface area contributed by atoms with Gasteiger partial charge in [-0.1, -0.05) is 148 Å². The number of amides is 5. The van der Waals surface area contributed by atoms with Crippen LogP contribution < -0.4 is 31.3 Å². The minimum atomic E-state index is -4.71. The third-order valence-corrected chi connectivity index (χ3v) is 27.4. The summed E-state index contributed by atoms with van der Waals surface area (Å²) in [6.45, 7) is 31.1. The molecule has 0 atom stereocenters. The number of rotatable bonds is 30. The number of nitrogens with one attached hydrogen (secondary N) is 5. The van der Waals surface area contributed by atoms with Crippen LogP contribution in [0.1, 0.15) is 86.2 Å². The molecule has 128 heavy (non-hydrogen) atoms. The van der Waals surface area contributed by atoms with E-state index in [2.05, 4.69) is 208 Å². The topological polar surface area (TPSA) is 217 Å². The molecule has 5 amide bonds. The van der Waals surface area contributed by atoms with Crippen LogP contribution in [0.2, 0.25) is 0 Å². The molecule has 0 aliphatic carbocycles. The number of thiophene rings is 5. The third-order valence-electron chi connectivity index (χ3n) is 22.0. The van der Waals surface area contributed by atoms with Crippen LogP contribution in [-0.2, 0) is 30.1 Å². The lowest BCUT2D eigenvalue weighted by atomic mass is 10.00. The summed E-state index contributed by atoms with van der Waals surface area (Å²) >= 11 is 9.02. The van der Waals surface area contributed by atoms with Crippen LogP contribution in [0.15, 0.2) is 214 Å². The van der Waals surface area contributed by atoms with Crippen molar-refractivity contribution < 1.29 is 65.6 Å². The van der Waals surface area contributed by atoms with E-state index in [9.17, 15) is 37.1 Å². The van der Waals surface area contributed by atoms with Gasteiger partial charge >= 0.3 is 6.36 Å². The second-order valence-corrected chi connectivity index (χ2v) is 36.6. The standard InChI is InChI=1S/C23H24N2O2S.C20H26N2O2S.C19H24N2O2S.C18H19F3N2O3S.C18H22N2O2S2/c26-23(24-10-11-25-12-14-27-15-13-25)22-16-21(17-28-22)20-8-6-19(7-9-20)18-4-2-1-3-5-18;1-15(2)16-3-5-17(6-4-16)18-13-19(25-14-18)20(23)21-7-8-22-9-11-24-12-10-22;1-2-15-3-5-16(6-4-15)17-13-18(24-14-17)19(22)20-7-8-21-9-11-23-12-10-21;19-18(20,21)26-15-3-1-13(2-4-15)14-11-16(27-12-14)17(24)22-5-6-23-7-9-25-10-8-23;1-23-16-4-2-14(3-5-16)15-12-17(24-13-15)18(21)19-6-7-20-8-10-22-11-9-20/h1-9,16-17H,10-15H2,(H,24,26);3-6,13-15H,7-12H2,1-2H3,(H,21,23);3-6,13-14H,2,7-12H2,1H3,(H,20,22);1-4,11-12H,5-10H2,(H,22,24);2-5,12-13H,6-11H2,1H3,(H,19,21). The van der Waals surface area contributed by atoms with Gasteiger partial charge in [-0.3, -0.25) is 48.5 Å². The van der Waals surface area contributed by atoms with Gasteiger partial charge in [0, 0.05) is 136 Å². The zero-order valence-corrected chi connectivity index (χ0v) is 77.9. The molecule has 30 heteroatoms. The fraction of sp³-hybridized carbons (Fsp3) is 0.378. The number of hydrogen-bond acceptors (Lipinski definition) is 22. The van der Waals surface area contributed by atoms with Crippen molar-refractivity contribution in [1.82, 2.24) is 51.1 Å². The van der Waals surface area contributed by atoms with Crippen LogP contribution in [0.25, 0.3) is 66.8 Å². The molecule has 10 heterocycles. The highest BCUT2D eigenvalue weighted by Crippen LogP contribution is 2.34. The maximum atomic E-state index is 12.4. The molecular weight excluding hydrogens is 1740 g/mol. The summed E-state index contributed by atoms with van der Waals surface area (Å²) in [5.41, 5.74) is 15.6. The maximum absolute atomic E-state index is 12.4. The first-order chi connectivity index (χ1) is 62.3. The molecular formula is C98H115F3N10O11S6. The predicted octanol–water partition coefficient (Wildman–Crippen LogP) is 17.4. The van der Waals surface area contributed by atoms with Crippen molar-refractivity contribution in [2.75, 3.05) is 203 Å². The molecule has 11 aromatic rings. The van der Waals surface area contributed by atoms with Crippen molar-refractivity contribution in [2.24, 2.45) is 0 Å². The van der Waals surface area contributed by atoms with E-state index < -0.39 is 6.36 Å². The Balaban J connectivity index is 0.000000145. The summed E-state index contributed by atoms with van der Waals surface area (Å²) in [6, 6.07) is 59.6. The number of carbonyl (C=O) groups excluding carboxylic acids is 5. The fourth-order valence-corrected chi connectivity index (χ4v) is 18.9. The molecule has 5 saturated heterocycles. The van der Waals surface area contributed by atoms with Crippen molar-refractivity contribution in [1.29, 1.82) is 0 Å². The molecule has 5 fully saturated rings. The van der Waals surface area contributed by atoms with Crippen LogP contribution in [0.5, 0.6) is 5.75 Å². The first kappa shape index (κ1) is 97.8. The molecule has 0 saturated carbocycles. The summed E-state index contributed by atoms with van der Waals surface area (Å²) in [6.07, 6.45) is -1.60. The van der Waals surface area contributed by atoms with E-state index >= 15 is 0 Å². The van der Waals surface area contributed by atoms with E-state index in [0.29, 0.717) is 49.1 Å². The number of nitrogens with zero attached hydrogens (tertiary/aromatic N) is 5. The monoisotopic (exact) mass is 1860 g/mol. The summed E-state index contributed by atoms with van der Waals surface area (Å²) in [5.74, 6) is 0.155. The third kappa shape index (κ3) is 32.1. The number of alkyl halides is 3. The van der Waals surface area contributed by atoms with Crippen LogP contribution >= 0.6 is 68.4 Å². The fourth-order valence-electron chi connectivity index (χ4n) is 14.3. The van der Waals surface area contributed by atoms with Gasteiger partial charge in [-0.05, 0) is 178 Å². The quantitative estimate of drug-likeness (QED) is 0.0265. The number of ether oxygens (including phenoxy) is 6. The largest absolute Gasteiger partial charge is 0.573 e. The molecule has 5 aliphatic rings. The number of morpholine rings is 5. The molecule has 680 valence electrons. The first-order valence-corrected chi connectivity index (χ1v) is 49.2. The number of benzene rings is 6. The van der Waals surface area contributed by atoms with E-state index in [1.165, 1.54) is 108 Å². The van der Waals surface area contributed by atoms with Crippen molar-refractivity contribution in [3.8, 4) is 72.5 Å². The van der Waals surface area contributed by atoms with E-state index in [4.69, 9.17) is 23.7 Å². The van der Waals surface area contributed by atoms with Crippen LogP contribution in [0.4, 0.5) is 13.2 Å². The van der Waals surface area contributed by atoms with Gasteiger partial charge in [0.1, 0.15) is 5.75 Å². The SMILES string of the molecule is CC(C)c1ccc(-c2csc(C(=O)NCCN3CCOCC3)c2)cc1.CCc1ccc(-c2csc(C(=O)NCCN3CCOCC3)c2)cc1.CSc1ccc(-c2csc(C(=O)NCCN3CCOCC3)c2)cc1.O=C(NCCN1CCOCC1)c1cc(-c2ccc(-c3ccccc3)cc2)cs1.O=C(NCCN1CCOCC1)c1cc(-c2ccc(OC(F)(F)F)cc2)cs1. The number of thioether (sulfide) groups is 1. The van der Waals surface area contributed by atoms with Gasteiger partial charge < -0.3 is 55.0 Å². The molecule has 0 radical (unpaired) electrons. The van der Waals surface area contributed by atoms with E-state index in [0.717, 1.165) is 240 Å². The van der Waals surface area contributed by atoms with E-state index in [1.54, 1.807) is 23.2 Å². The lowest BCUT2D eigenvalue weighted by Crippen LogP contribution is -2.41. The summed E-state index contributed by atoms with van der Waals surface area (Å²) < 4.78 is 67.1. The smallest absolute Gasteiger partial charge is 0.406 e. The molecule has 5 N–H and O–H groups in total. The van der Waals surface area contributed by atoms with Crippen molar-refractivity contribution in [2.45, 2.75) is 44.4 Å². The normalized spacial score (nSPS) is 15.3. The van der Waals surface area contributed by atoms with Gasteiger partial charge in [0.15, 0.2) is 0 Å².